The van der Waals surface area contributed by atoms with Gasteiger partial charge in [-0.05, 0) is 38.1 Å². The number of morpholine rings is 1. The summed E-state index contributed by atoms with van der Waals surface area (Å²) in [7, 11) is 3.60. The van der Waals surface area contributed by atoms with Gasteiger partial charge in [-0.25, -0.2) is 0 Å². The van der Waals surface area contributed by atoms with Gasteiger partial charge in [-0.1, -0.05) is 24.3 Å². The van der Waals surface area contributed by atoms with Crippen LogP contribution in [-0.4, -0.2) is 90.5 Å². The number of halogens is 3. The van der Waals surface area contributed by atoms with Crippen molar-refractivity contribution in [2.24, 2.45) is 5.73 Å². The first-order valence-corrected chi connectivity index (χ1v) is 13.5. The Balaban J connectivity index is 1.65. The van der Waals surface area contributed by atoms with E-state index in [1.165, 1.54) is 35.2 Å². The molecule has 0 atom stereocenters. The molecule has 0 bridgehead atoms. The Bertz CT molecular complexity index is 1320. The monoisotopic (exact) mass is 593 g/mol. The standard InChI is InChI=1S/C27H34ClF2N7O4/c1-4-18(24(31)32-2)25(39)33-20-14-37(34-23(20)19-13-17(28)5-6-21(19)41-26(29)30)15-22(38)36-11-12-40-27(16-36)7-9-35(3)10-8-27/h4-6,13-14,26,32H,1,7-12,15-16,31H2,2-3H3,(H,33,39)/b24-18-. The van der Waals surface area contributed by atoms with Gasteiger partial charge in [0.15, 0.2) is 0 Å². The number of alkyl halides is 2. The van der Waals surface area contributed by atoms with Crippen molar-refractivity contribution in [3.63, 3.8) is 0 Å². The zero-order chi connectivity index (χ0) is 29.7. The predicted molar refractivity (Wildman–Crippen MR) is 150 cm³/mol. The largest absolute Gasteiger partial charge is 0.434 e. The fourth-order valence-electron chi connectivity index (χ4n) is 4.95. The van der Waals surface area contributed by atoms with Crippen LogP contribution in [-0.2, 0) is 20.9 Å². The van der Waals surface area contributed by atoms with E-state index < -0.39 is 12.5 Å². The highest BCUT2D eigenvalue weighted by Gasteiger charge is 2.40. The fraction of sp³-hybridized carbons (Fsp3) is 0.444. The molecule has 2 aliphatic heterocycles. The molecule has 4 rings (SSSR count). The maximum absolute atomic E-state index is 13.4. The highest BCUT2D eigenvalue weighted by atomic mass is 35.5. The Hall–Kier alpha value is -3.68. The van der Waals surface area contributed by atoms with Crippen molar-refractivity contribution in [2.45, 2.75) is 31.6 Å². The van der Waals surface area contributed by atoms with Crippen molar-refractivity contribution in [1.82, 2.24) is 24.9 Å². The molecule has 1 aromatic heterocycles. The van der Waals surface area contributed by atoms with Gasteiger partial charge in [-0.3, -0.25) is 14.3 Å². The Morgan fingerprint density at radius 1 is 1.32 bits per heavy atom. The second-order valence-electron chi connectivity index (χ2n) is 9.99. The molecule has 2 saturated heterocycles. The van der Waals surface area contributed by atoms with E-state index in [0.717, 1.165) is 25.9 Å². The first-order chi connectivity index (χ1) is 19.5. The Morgan fingerprint density at radius 2 is 2.05 bits per heavy atom. The summed E-state index contributed by atoms with van der Waals surface area (Å²) >= 11 is 6.18. The van der Waals surface area contributed by atoms with Gasteiger partial charge in [-0.2, -0.15) is 13.9 Å². The third-order valence-electron chi connectivity index (χ3n) is 7.23. The minimum absolute atomic E-state index is 0.0502. The van der Waals surface area contributed by atoms with Gasteiger partial charge < -0.3 is 35.6 Å². The number of likely N-dealkylation sites (tertiary alicyclic amines) is 1. The molecule has 0 saturated carbocycles. The normalized spacial score (nSPS) is 17.8. The summed E-state index contributed by atoms with van der Waals surface area (Å²) in [6, 6.07) is 4.06. The number of carbonyl (C=O) groups is 2. The van der Waals surface area contributed by atoms with Crippen LogP contribution in [0.25, 0.3) is 11.3 Å². The fourth-order valence-corrected chi connectivity index (χ4v) is 5.12. The van der Waals surface area contributed by atoms with Crippen LogP contribution in [0.3, 0.4) is 0 Å². The van der Waals surface area contributed by atoms with Gasteiger partial charge in [0, 0.05) is 50.0 Å². The number of nitrogens with zero attached hydrogens (tertiary/aromatic N) is 4. The first kappa shape index (κ1) is 30.3. The molecule has 0 unspecified atom stereocenters. The topological polar surface area (TPSA) is 127 Å². The third kappa shape index (κ3) is 7.16. The molecule has 222 valence electrons. The molecule has 14 heteroatoms. The number of nitrogens with two attached hydrogens (primary N) is 1. The van der Waals surface area contributed by atoms with E-state index in [0.29, 0.717) is 19.7 Å². The molecule has 0 radical (unpaired) electrons. The maximum Gasteiger partial charge on any atom is 0.387 e. The van der Waals surface area contributed by atoms with E-state index >= 15 is 0 Å². The molecule has 11 nitrogen and oxygen atoms in total. The SMILES string of the molecule is C=C/C(C(=O)Nc1cn(CC(=O)N2CCOC3(CCN(C)CC3)C2)nc1-c1cc(Cl)ccc1OC(F)F)=C(\N)NC. The molecular weight excluding hydrogens is 560 g/mol. The molecule has 4 N–H and O–H groups in total. The van der Waals surface area contributed by atoms with Crippen LogP contribution >= 0.6 is 11.6 Å². The molecule has 1 aromatic carbocycles. The Kier molecular flexibility index (Phi) is 9.51. The van der Waals surface area contributed by atoms with Crippen molar-refractivity contribution in [3.8, 4) is 17.0 Å². The predicted octanol–water partition coefficient (Wildman–Crippen LogP) is 2.64. The van der Waals surface area contributed by atoms with Gasteiger partial charge in [-0.15, -0.1) is 0 Å². The quantitative estimate of drug-likeness (QED) is 0.299. The summed E-state index contributed by atoms with van der Waals surface area (Å²) in [6.45, 7) is 3.45. The van der Waals surface area contributed by atoms with Gasteiger partial charge in [0.1, 0.15) is 23.8 Å². The molecule has 0 aliphatic carbocycles. The molecular formula is C27H34ClF2N7O4. The molecule has 2 aromatic rings. The summed E-state index contributed by atoms with van der Waals surface area (Å²) in [5, 5.41) is 10.1. The number of rotatable bonds is 9. The number of anilines is 1. The molecule has 2 aliphatic rings. The number of amides is 2. The van der Waals surface area contributed by atoms with Crippen LogP contribution in [0.5, 0.6) is 5.75 Å². The average Bonchev–Trinajstić information content (AvgIpc) is 3.33. The van der Waals surface area contributed by atoms with E-state index in [1.54, 1.807) is 11.9 Å². The van der Waals surface area contributed by atoms with E-state index in [9.17, 15) is 18.4 Å². The minimum Gasteiger partial charge on any atom is -0.434 e. The average molecular weight is 594 g/mol. The van der Waals surface area contributed by atoms with E-state index in [2.05, 4.69) is 34.3 Å². The maximum atomic E-state index is 13.4. The van der Waals surface area contributed by atoms with Gasteiger partial charge in [0.25, 0.3) is 5.91 Å². The lowest BCUT2D eigenvalue weighted by Gasteiger charge is -2.46. The lowest BCUT2D eigenvalue weighted by Crippen LogP contribution is -2.58. The number of benzene rings is 1. The number of hydrogen-bond donors (Lipinski definition) is 3. The molecule has 3 heterocycles. The van der Waals surface area contributed by atoms with E-state index in [1.807, 2.05) is 0 Å². The van der Waals surface area contributed by atoms with Gasteiger partial charge in [0.05, 0.1) is 23.5 Å². The smallest absolute Gasteiger partial charge is 0.387 e. The Labute approximate surface area is 241 Å². The number of aromatic nitrogens is 2. The molecule has 41 heavy (non-hydrogen) atoms. The number of nitrogens with one attached hydrogen (secondary N) is 2. The van der Waals surface area contributed by atoms with Crippen LogP contribution in [0, 0.1) is 0 Å². The second-order valence-corrected chi connectivity index (χ2v) is 10.4. The van der Waals surface area contributed by atoms with E-state index in [-0.39, 0.29) is 57.2 Å². The van der Waals surface area contributed by atoms with Crippen LogP contribution < -0.4 is 21.1 Å². The number of ether oxygens (including phenoxy) is 2. The summed E-state index contributed by atoms with van der Waals surface area (Å²) in [4.78, 5) is 30.5. The van der Waals surface area contributed by atoms with Gasteiger partial charge >= 0.3 is 6.61 Å². The molecule has 2 amide bonds. The highest BCUT2D eigenvalue weighted by Crippen LogP contribution is 2.37. The second kappa shape index (κ2) is 12.9. The summed E-state index contributed by atoms with van der Waals surface area (Å²) < 4.78 is 38.6. The van der Waals surface area contributed by atoms with Crippen molar-refractivity contribution in [2.75, 3.05) is 52.2 Å². The van der Waals surface area contributed by atoms with Crippen LogP contribution in [0.2, 0.25) is 5.02 Å². The highest BCUT2D eigenvalue weighted by molar-refractivity contribution is 6.31. The summed E-state index contributed by atoms with van der Waals surface area (Å²) in [6.07, 6.45) is 4.37. The van der Waals surface area contributed by atoms with Crippen molar-refractivity contribution in [3.05, 3.63) is 53.5 Å². The number of piperidine rings is 1. The van der Waals surface area contributed by atoms with Gasteiger partial charge in [0.2, 0.25) is 5.91 Å². The van der Waals surface area contributed by atoms with E-state index in [4.69, 9.17) is 26.8 Å². The molecule has 2 fully saturated rings. The summed E-state index contributed by atoms with van der Waals surface area (Å²) in [5.41, 5.74) is 5.85. The van der Waals surface area contributed by atoms with Crippen LogP contribution in [0.15, 0.2) is 48.4 Å². The van der Waals surface area contributed by atoms with Crippen molar-refractivity contribution >= 4 is 29.1 Å². The van der Waals surface area contributed by atoms with Crippen LogP contribution in [0.1, 0.15) is 12.8 Å². The van der Waals surface area contributed by atoms with Crippen molar-refractivity contribution in [1.29, 1.82) is 0 Å². The zero-order valence-electron chi connectivity index (χ0n) is 23.0. The number of carbonyl (C=O) groups excluding carboxylic acids is 2. The summed E-state index contributed by atoms with van der Waals surface area (Å²) in [5.74, 6) is -0.959. The first-order valence-electron chi connectivity index (χ1n) is 13.1. The zero-order valence-corrected chi connectivity index (χ0v) is 23.7. The molecule has 1 spiro atoms. The minimum atomic E-state index is -3.12. The Morgan fingerprint density at radius 3 is 2.71 bits per heavy atom. The lowest BCUT2D eigenvalue weighted by molar-refractivity contribution is -0.159. The van der Waals surface area contributed by atoms with Crippen molar-refractivity contribution < 1.29 is 27.8 Å². The lowest BCUT2D eigenvalue weighted by atomic mass is 9.89. The number of hydrogen-bond acceptors (Lipinski definition) is 8. The van der Waals surface area contributed by atoms with Crippen LogP contribution in [0.4, 0.5) is 14.5 Å². The third-order valence-corrected chi connectivity index (χ3v) is 7.46.